The zero-order valence-electron chi connectivity index (χ0n) is 15.6. The fraction of sp³-hybridized carbons (Fsp3) is 0.261. The SMILES string of the molecule is O=C(NCc1ccccc1)N1[C@H]2CC[C@@H]1c1cnc(-c3ccccc3)nc1C2. The molecule has 5 nitrogen and oxygen atoms in total. The standard InChI is InChI=1S/C23H22N4O/c28-23(25-14-16-7-3-1-4-8-16)27-18-11-12-21(27)19-15-24-22(26-20(19)13-18)17-9-5-2-6-10-17/h1-10,15,18,21H,11-14H2,(H,25,28)/t18-,21+/m0/s1. The van der Waals surface area contributed by atoms with Gasteiger partial charge in [0.1, 0.15) is 0 Å². The highest BCUT2D eigenvalue weighted by Crippen LogP contribution is 2.43. The van der Waals surface area contributed by atoms with E-state index < -0.39 is 0 Å². The molecular formula is C23H22N4O. The van der Waals surface area contributed by atoms with Gasteiger partial charge in [-0.05, 0) is 18.4 Å². The van der Waals surface area contributed by atoms with Gasteiger partial charge in [-0.15, -0.1) is 0 Å². The van der Waals surface area contributed by atoms with Crippen molar-refractivity contribution in [3.63, 3.8) is 0 Å². The summed E-state index contributed by atoms with van der Waals surface area (Å²) in [5.74, 6) is 0.765. The lowest BCUT2D eigenvalue weighted by Crippen LogP contribution is -2.47. The van der Waals surface area contributed by atoms with Crippen LogP contribution in [0, 0.1) is 0 Å². The first kappa shape index (κ1) is 16.9. The van der Waals surface area contributed by atoms with Gasteiger partial charge in [-0.1, -0.05) is 60.7 Å². The quantitative estimate of drug-likeness (QED) is 0.755. The number of benzene rings is 2. The maximum atomic E-state index is 12.9. The summed E-state index contributed by atoms with van der Waals surface area (Å²) < 4.78 is 0. The molecule has 1 aromatic heterocycles. The fourth-order valence-corrected chi connectivity index (χ4v) is 4.38. The normalized spacial score (nSPS) is 19.9. The van der Waals surface area contributed by atoms with Crippen molar-refractivity contribution in [3.05, 3.63) is 83.7 Å². The Hall–Kier alpha value is -3.21. The predicted octanol–water partition coefficient (Wildman–Crippen LogP) is 4.12. The van der Waals surface area contributed by atoms with Crippen molar-refractivity contribution in [1.82, 2.24) is 20.2 Å². The fourth-order valence-electron chi connectivity index (χ4n) is 4.38. The first-order chi connectivity index (χ1) is 13.8. The van der Waals surface area contributed by atoms with E-state index in [-0.39, 0.29) is 18.1 Å². The summed E-state index contributed by atoms with van der Waals surface area (Å²) >= 11 is 0. The number of carbonyl (C=O) groups excluding carboxylic acids is 1. The summed E-state index contributed by atoms with van der Waals surface area (Å²) in [6.45, 7) is 0.548. The minimum atomic E-state index is 0.00846. The minimum Gasteiger partial charge on any atom is -0.334 e. The second kappa shape index (κ2) is 7.08. The van der Waals surface area contributed by atoms with Gasteiger partial charge >= 0.3 is 6.03 Å². The number of rotatable bonds is 3. The number of aromatic nitrogens is 2. The average Bonchev–Trinajstić information content (AvgIpc) is 3.08. The third kappa shape index (κ3) is 3.03. The van der Waals surface area contributed by atoms with E-state index in [0.29, 0.717) is 6.54 Å². The third-order valence-electron chi connectivity index (χ3n) is 5.74. The van der Waals surface area contributed by atoms with Gasteiger partial charge in [0.25, 0.3) is 0 Å². The number of carbonyl (C=O) groups is 1. The van der Waals surface area contributed by atoms with Crippen molar-refractivity contribution in [2.75, 3.05) is 0 Å². The average molecular weight is 370 g/mol. The van der Waals surface area contributed by atoms with E-state index >= 15 is 0 Å². The molecule has 3 heterocycles. The molecule has 28 heavy (non-hydrogen) atoms. The zero-order chi connectivity index (χ0) is 18.9. The van der Waals surface area contributed by atoms with E-state index in [0.717, 1.165) is 47.5 Å². The Labute approximate surface area is 164 Å². The van der Waals surface area contributed by atoms with Gasteiger partial charge in [-0.2, -0.15) is 0 Å². The van der Waals surface area contributed by atoms with Crippen LogP contribution in [0.15, 0.2) is 66.9 Å². The van der Waals surface area contributed by atoms with Crippen LogP contribution in [0.25, 0.3) is 11.4 Å². The number of urea groups is 1. The van der Waals surface area contributed by atoms with E-state index in [1.807, 2.05) is 71.8 Å². The number of hydrogen-bond donors (Lipinski definition) is 1. The molecule has 5 heteroatoms. The van der Waals surface area contributed by atoms with Gasteiger partial charge in [0.15, 0.2) is 5.82 Å². The second-order valence-electron chi connectivity index (χ2n) is 7.46. The highest BCUT2D eigenvalue weighted by molar-refractivity contribution is 5.76. The van der Waals surface area contributed by atoms with Gasteiger partial charge in [0.05, 0.1) is 11.7 Å². The lowest BCUT2D eigenvalue weighted by atomic mass is 9.99. The van der Waals surface area contributed by atoms with Crippen molar-refractivity contribution in [2.45, 2.75) is 37.9 Å². The number of hydrogen-bond acceptors (Lipinski definition) is 3. The molecule has 0 aliphatic carbocycles. The number of amides is 2. The van der Waals surface area contributed by atoms with Crippen molar-refractivity contribution in [1.29, 1.82) is 0 Å². The molecule has 1 saturated heterocycles. The molecule has 2 amide bonds. The molecule has 0 radical (unpaired) electrons. The summed E-state index contributed by atoms with van der Waals surface area (Å²) in [5.41, 5.74) is 4.33. The molecule has 2 aromatic carbocycles. The first-order valence-corrected chi connectivity index (χ1v) is 9.81. The Morgan fingerprint density at radius 2 is 1.79 bits per heavy atom. The zero-order valence-corrected chi connectivity index (χ0v) is 15.6. The van der Waals surface area contributed by atoms with E-state index in [1.54, 1.807) is 0 Å². The van der Waals surface area contributed by atoms with E-state index in [9.17, 15) is 4.79 Å². The number of nitrogens with zero attached hydrogens (tertiary/aromatic N) is 3. The van der Waals surface area contributed by atoms with E-state index in [4.69, 9.17) is 4.98 Å². The minimum absolute atomic E-state index is 0.00846. The molecule has 2 bridgehead atoms. The predicted molar refractivity (Wildman–Crippen MR) is 107 cm³/mol. The molecule has 2 aliphatic heterocycles. The van der Waals surface area contributed by atoms with Crippen molar-refractivity contribution < 1.29 is 4.79 Å². The summed E-state index contributed by atoms with van der Waals surface area (Å²) in [4.78, 5) is 24.4. The summed E-state index contributed by atoms with van der Waals surface area (Å²) in [5, 5.41) is 3.08. The van der Waals surface area contributed by atoms with Crippen LogP contribution in [0.2, 0.25) is 0 Å². The Bertz CT molecular complexity index is 990. The van der Waals surface area contributed by atoms with Crippen LogP contribution in [0.1, 0.15) is 35.7 Å². The second-order valence-corrected chi connectivity index (χ2v) is 7.46. The van der Waals surface area contributed by atoms with Gasteiger partial charge in [-0.25, -0.2) is 14.8 Å². The molecule has 2 aliphatic rings. The molecule has 1 fully saturated rings. The van der Waals surface area contributed by atoms with Crippen LogP contribution >= 0.6 is 0 Å². The summed E-state index contributed by atoms with van der Waals surface area (Å²) in [7, 11) is 0. The molecule has 0 saturated carbocycles. The Morgan fingerprint density at radius 3 is 2.57 bits per heavy atom. The number of nitrogens with one attached hydrogen (secondary N) is 1. The Morgan fingerprint density at radius 1 is 1.04 bits per heavy atom. The molecule has 5 rings (SSSR count). The topological polar surface area (TPSA) is 58.1 Å². The maximum absolute atomic E-state index is 12.9. The van der Waals surface area contributed by atoms with Gasteiger partial charge in [0, 0.05) is 36.3 Å². The van der Waals surface area contributed by atoms with E-state index in [2.05, 4.69) is 10.3 Å². The van der Waals surface area contributed by atoms with Crippen LogP contribution in [-0.4, -0.2) is 26.9 Å². The molecule has 3 aromatic rings. The first-order valence-electron chi connectivity index (χ1n) is 9.81. The molecule has 0 spiro atoms. The Kier molecular flexibility index (Phi) is 4.28. The highest BCUT2D eigenvalue weighted by Gasteiger charge is 2.43. The molecular weight excluding hydrogens is 348 g/mol. The molecule has 2 atom stereocenters. The Balaban J connectivity index is 1.36. The van der Waals surface area contributed by atoms with Crippen molar-refractivity contribution in [2.24, 2.45) is 0 Å². The van der Waals surface area contributed by atoms with E-state index in [1.165, 1.54) is 0 Å². The summed E-state index contributed by atoms with van der Waals surface area (Å²) in [6, 6.07) is 20.4. The number of fused-ring (bicyclic) bond motifs is 4. The molecule has 140 valence electrons. The van der Waals surface area contributed by atoms with Crippen LogP contribution in [-0.2, 0) is 13.0 Å². The van der Waals surface area contributed by atoms with Crippen LogP contribution in [0.3, 0.4) is 0 Å². The largest absolute Gasteiger partial charge is 0.334 e. The van der Waals surface area contributed by atoms with Crippen LogP contribution in [0.4, 0.5) is 4.79 Å². The van der Waals surface area contributed by atoms with Gasteiger partial charge in [0.2, 0.25) is 0 Å². The molecule has 1 N–H and O–H groups in total. The smallest absolute Gasteiger partial charge is 0.318 e. The lowest BCUT2D eigenvalue weighted by Gasteiger charge is -2.35. The summed E-state index contributed by atoms with van der Waals surface area (Å²) in [6.07, 6.45) is 4.71. The maximum Gasteiger partial charge on any atom is 0.318 e. The van der Waals surface area contributed by atoms with Gasteiger partial charge in [-0.3, -0.25) is 0 Å². The van der Waals surface area contributed by atoms with Crippen molar-refractivity contribution in [3.8, 4) is 11.4 Å². The van der Waals surface area contributed by atoms with Crippen LogP contribution < -0.4 is 5.32 Å². The highest BCUT2D eigenvalue weighted by atomic mass is 16.2. The third-order valence-corrected chi connectivity index (χ3v) is 5.74. The lowest BCUT2D eigenvalue weighted by molar-refractivity contribution is 0.164. The van der Waals surface area contributed by atoms with Crippen LogP contribution in [0.5, 0.6) is 0 Å². The molecule has 0 unspecified atom stereocenters. The van der Waals surface area contributed by atoms with Crippen molar-refractivity contribution >= 4 is 6.03 Å². The monoisotopic (exact) mass is 370 g/mol. The van der Waals surface area contributed by atoms with Gasteiger partial charge < -0.3 is 10.2 Å².